The zero-order valence-corrected chi connectivity index (χ0v) is 18.6. The minimum absolute atomic E-state index is 0.0618. The van der Waals surface area contributed by atoms with E-state index >= 15 is 0 Å². The number of ether oxygens (including phenoxy) is 1. The highest BCUT2D eigenvalue weighted by atomic mass is 35.5. The van der Waals surface area contributed by atoms with Gasteiger partial charge in [0, 0.05) is 34.1 Å². The number of benzene rings is 2. The first kappa shape index (κ1) is 21.0. The number of nitrogens with one attached hydrogen (secondary N) is 1. The number of hydrogen-bond donors (Lipinski definition) is 1. The molecular formula is C20H19ClFN3O3S2. The van der Waals surface area contributed by atoms with Crippen molar-refractivity contribution in [2.75, 3.05) is 4.72 Å². The van der Waals surface area contributed by atoms with E-state index in [1.54, 1.807) is 18.2 Å². The van der Waals surface area contributed by atoms with Gasteiger partial charge >= 0.3 is 0 Å². The molecule has 1 aliphatic rings. The molecule has 1 unspecified atom stereocenters. The van der Waals surface area contributed by atoms with E-state index in [0.717, 1.165) is 22.7 Å². The van der Waals surface area contributed by atoms with Crippen LogP contribution in [0.2, 0.25) is 5.02 Å². The topological polar surface area (TPSA) is 81.2 Å². The van der Waals surface area contributed by atoms with Crippen LogP contribution in [0.4, 0.5) is 9.52 Å². The second-order valence-electron chi connectivity index (χ2n) is 7.66. The zero-order chi connectivity index (χ0) is 21.5. The van der Waals surface area contributed by atoms with Crippen molar-refractivity contribution in [3.8, 4) is 5.75 Å². The molecule has 4 rings (SSSR count). The van der Waals surface area contributed by atoms with Crippen molar-refractivity contribution in [3.05, 3.63) is 64.4 Å². The molecule has 0 amide bonds. The molecule has 0 radical (unpaired) electrons. The summed E-state index contributed by atoms with van der Waals surface area (Å²) in [7, 11) is -3.84. The third-order valence-corrected chi connectivity index (χ3v) is 7.30. The molecule has 10 heteroatoms. The van der Waals surface area contributed by atoms with Gasteiger partial charge in [-0.15, -0.1) is 0 Å². The normalized spacial score (nSPS) is 17.8. The number of anilines is 1. The van der Waals surface area contributed by atoms with Crippen molar-refractivity contribution in [3.63, 3.8) is 0 Å². The van der Waals surface area contributed by atoms with Crippen LogP contribution in [0.25, 0.3) is 0 Å². The first-order valence-electron chi connectivity index (χ1n) is 9.15. The fourth-order valence-electron chi connectivity index (χ4n) is 3.60. The van der Waals surface area contributed by atoms with E-state index in [1.807, 2.05) is 19.9 Å². The predicted molar refractivity (Wildman–Crippen MR) is 115 cm³/mol. The molecule has 158 valence electrons. The molecular weight excluding hydrogens is 449 g/mol. The predicted octanol–water partition coefficient (Wildman–Crippen LogP) is 5.15. The molecule has 1 atom stereocenters. The number of alkyl halides is 1. The van der Waals surface area contributed by atoms with Crippen LogP contribution in [-0.2, 0) is 16.7 Å². The fourth-order valence-corrected chi connectivity index (χ4v) is 5.62. The molecule has 1 N–H and O–H groups in total. The average molecular weight is 468 g/mol. The van der Waals surface area contributed by atoms with Crippen molar-refractivity contribution in [2.24, 2.45) is 0 Å². The fraction of sp³-hybridized carbons (Fsp3) is 0.300. The highest BCUT2D eigenvalue weighted by Gasteiger charge is 2.36. The lowest BCUT2D eigenvalue weighted by Crippen LogP contribution is -2.35. The van der Waals surface area contributed by atoms with Crippen LogP contribution in [0.5, 0.6) is 5.75 Å². The Labute approximate surface area is 183 Å². The lowest BCUT2D eigenvalue weighted by atomic mass is 9.80. The third-order valence-electron chi connectivity index (χ3n) is 4.93. The zero-order valence-electron chi connectivity index (χ0n) is 16.2. The molecule has 3 aromatic rings. The van der Waals surface area contributed by atoms with E-state index in [2.05, 4.69) is 14.1 Å². The number of sulfonamides is 1. The summed E-state index contributed by atoms with van der Waals surface area (Å²) in [6.07, 6.45) is 1.92. The standard InChI is InChI=1S/C20H19ClFN3O3S2/c1-20(2)9-16(14-5-3-12(10-22)7-17(14)21)15-6-4-13(8-18(15)28-20)30(26,27)25-19-23-11-24-29-19/h3-8,11,16H,9-10H2,1-2H3,(H,23,24,25). The van der Waals surface area contributed by atoms with Crippen LogP contribution in [0.15, 0.2) is 47.6 Å². The Morgan fingerprint density at radius 1 is 1.27 bits per heavy atom. The molecule has 0 saturated carbocycles. The van der Waals surface area contributed by atoms with Gasteiger partial charge in [-0.1, -0.05) is 29.8 Å². The maximum Gasteiger partial charge on any atom is 0.263 e. The highest BCUT2D eigenvalue weighted by Crippen LogP contribution is 2.46. The molecule has 0 aliphatic carbocycles. The number of nitrogens with zero attached hydrogens (tertiary/aromatic N) is 2. The molecule has 1 aromatic heterocycles. The van der Waals surface area contributed by atoms with Crippen LogP contribution in [-0.4, -0.2) is 23.4 Å². The van der Waals surface area contributed by atoms with Gasteiger partial charge in [-0.05, 0) is 43.5 Å². The Hall–Kier alpha value is -2.23. The van der Waals surface area contributed by atoms with Crippen LogP contribution < -0.4 is 9.46 Å². The summed E-state index contributed by atoms with van der Waals surface area (Å²) in [6.45, 7) is 3.29. The van der Waals surface area contributed by atoms with Crippen molar-refractivity contribution in [1.29, 1.82) is 0 Å². The van der Waals surface area contributed by atoms with E-state index in [1.165, 1.54) is 18.5 Å². The van der Waals surface area contributed by atoms with E-state index in [9.17, 15) is 12.8 Å². The molecule has 0 saturated heterocycles. The molecule has 30 heavy (non-hydrogen) atoms. The summed E-state index contributed by atoms with van der Waals surface area (Å²) in [5, 5.41) is 0.667. The monoisotopic (exact) mass is 467 g/mol. The van der Waals surface area contributed by atoms with Gasteiger partial charge in [0.15, 0.2) is 0 Å². The second kappa shape index (κ2) is 7.79. The van der Waals surface area contributed by atoms with Gasteiger partial charge in [-0.25, -0.2) is 17.8 Å². The molecule has 0 spiro atoms. The number of aromatic nitrogens is 2. The molecule has 0 bridgehead atoms. The van der Waals surface area contributed by atoms with Crippen LogP contribution in [0, 0.1) is 0 Å². The maximum absolute atomic E-state index is 13.0. The SMILES string of the molecule is CC1(C)CC(c2ccc(CF)cc2Cl)c2ccc(S(=O)(=O)Nc3ncns3)cc2O1. The van der Waals surface area contributed by atoms with Crippen molar-refractivity contribution >= 4 is 38.3 Å². The van der Waals surface area contributed by atoms with E-state index in [0.29, 0.717) is 22.8 Å². The van der Waals surface area contributed by atoms with Crippen LogP contribution in [0.3, 0.4) is 0 Å². The first-order chi connectivity index (χ1) is 14.2. The minimum atomic E-state index is -3.84. The third kappa shape index (κ3) is 4.14. The Kier molecular flexibility index (Phi) is 5.46. The maximum atomic E-state index is 13.0. The van der Waals surface area contributed by atoms with Gasteiger partial charge in [0.25, 0.3) is 10.0 Å². The van der Waals surface area contributed by atoms with Gasteiger partial charge in [-0.2, -0.15) is 4.37 Å². The van der Waals surface area contributed by atoms with Crippen molar-refractivity contribution < 1.29 is 17.5 Å². The molecule has 2 heterocycles. The molecule has 6 nitrogen and oxygen atoms in total. The Morgan fingerprint density at radius 2 is 2.03 bits per heavy atom. The Bertz CT molecular complexity index is 1180. The summed E-state index contributed by atoms with van der Waals surface area (Å²) >= 11 is 7.41. The van der Waals surface area contributed by atoms with E-state index < -0.39 is 22.3 Å². The Morgan fingerprint density at radius 3 is 2.70 bits per heavy atom. The van der Waals surface area contributed by atoms with Gasteiger partial charge in [-0.3, -0.25) is 4.72 Å². The summed E-state index contributed by atoms with van der Waals surface area (Å²) in [5.74, 6) is 0.361. The van der Waals surface area contributed by atoms with Gasteiger partial charge < -0.3 is 4.74 Å². The van der Waals surface area contributed by atoms with Crippen LogP contribution >= 0.6 is 23.1 Å². The van der Waals surface area contributed by atoms with E-state index in [4.69, 9.17) is 16.3 Å². The summed E-state index contributed by atoms with van der Waals surface area (Å²) < 4.78 is 50.8. The van der Waals surface area contributed by atoms with E-state index in [-0.39, 0.29) is 15.9 Å². The Balaban J connectivity index is 1.75. The number of hydrogen-bond acceptors (Lipinski definition) is 6. The number of rotatable bonds is 5. The molecule has 2 aromatic carbocycles. The second-order valence-corrected chi connectivity index (χ2v) is 10.5. The highest BCUT2D eigenvalue weighted by molar-refractivity contribution is 7.93. The molecule has 1 aliphatic heterocycles. The quantitative estimate of drug-likeness (QED) is 0.560. The van der Waals surface area contributed by atoms with Gasteiger partial charge in [0.2, 0.25) is 5.13 Å². The minimum Gasteiger partial charge on any atom is -0.487 e. The lowest BCUT2D eigenvalue weighted by molar-refractivity contribution is 0.0771. The number of halogens is 2. The van der Waals surface area contributed by atoms with Crippen LogP contribution in [0.1, 0.15) is 42.9 Å². The summed E-state index contributed by atoms with van der Waals surface area (Å²) in [4.78, 5) is 3.92. The van der Waals surface area contributed by atoms with Crippen molar-refractivity contribution in [1.82, 2.24) is 9.36 Å². The first-order valence-corrected chi connectivity index (χ1v) is 11.8. The molecule has 0 fully saturated rings. The van der Waals surface area contributed by atoms with Gasteiger partial charge in [0.1, 0.15) is 24.4 Å². The average Bonchev–Trinajstić information content (AvgIpc) is 3.18. The largest absolute Gasteiger partial charge is 0.487 e. The van der Waals surface area contributed by atoms with Crippen molar-refractivity contribution in [2.45, 2.75) is 43.4 Å². The summed E-state index contributed by atoms with van der Waals surface area (Å²) in [5.41, 5.74) is 1.65. The smallest absolute Gasteiger partial charge is 0.263 e. The summed E-state index contributed by atoms with van der Waals surface area (Å²) in [6, 6.07) is 9.95. The number of fused-ring (bicyclic) bond motifs is 1. The lowest BCUT2D eigenvalue weighted by Gasteiger charge is -2.38. The van der Waals surface area contributed by atoms with Gasteiger partial charge in [0.05, 0.1) is 4.90 Å².